The third kappa shape index (κ3) is 1.76. The summed E-state index contributed by atoms with van der Waals surface area (Å²) in [6.45, 7) is -0.450. The topological polar surface area (TPSA) is 106 Å². The van der Waals surface area contributed by atoms with Gasteiger partial charge in [-0.25, -0.2) is 14.4 Å². The Bertz CT molecular complexity index is 605. The maximum Gasteiger partial charge on any atom is 0.173 e. The van der Waals surface area contributed by atoms with Gasteiger partial charge in [0.05, 0.1) is 12.0 Å². The van der Waals surface area contributed by atoms with Crippen LogP contribution in [0, 0.1) is 0 Å². The summed E-state index contributed by atoms with van der Waals surface area (Å²) in [5.74, 6) is 0.288. The van der Waals surface area contributed by atoms with E-state index < -0.39 is 31.2 Å². The number of hydrogen-bond acceptors (Lipinski definition) is 6. The van der Waals surface area contributed by atoms with Gasteiger partial charge in [0.15, 0.2) is 12.4 Å². The quantitative estimate of drug-likeness (QED) is 0.684. The van der Waals surface area contributed by atoms with Gasteiger partial charge < -0.3 is 25.3 Å². The zero-order valence-electron chi connectivity index (χ0n) is 9.85. The molecule has 3 rings (SSSR count). The van der Waals surface area contributed by atoms with Crippen LogP contribution in [0.4, 0.5) is 10.2 Å². The highest BCUT2D eigenvalue weighted by atomic mass is 19.1. The zero-order chi connectivity index (χ0) is 13.6. The number of rotatable bonds is 2. The molecule has 0 aliphatic carbocycles. The molecule has 4 N–H and O–H groups in total. The van der Waals surface area contributed by atoms with Crippen LogP contribution in [0.2, 0.25) is 0 Å². The smallest absolute Gasteiger partial charge is 0.173 e. The molecular weight excluding hydrogens is 255 g/mol. The molecule has 3 heterocycles. The van der Waals surface area contributed by atoms with E-state index in [9.17, 15) is 9.50 Å². The Labute approximate surface area is 107 Å². The number of aliphatic hydroxyl groups is 2. The number of nitrogens with zero attached hydrogens (tertiary/aromatic N) is 3. The number of fused-ring (bicyclic) bond motifs is 1. The average molecular weight is 268 g/mol. The molecule has 0 radical (unpaired) electrons. The first kappa shape index (κ1) is 12.3. The molecule has 1 fully saturated rings. The summed E-state index contributed by atoms with van der Waals surface area (Å²) in [4.78, 5) is 7.88. The number of nitrogens with two attached hydrogens (primary N) is 1. The zero-order valence-corrected chi connectivity index (χ0v) is 9.85. The summed E-state index contributed by atoms with van der Waals surface area (Å²) in [7, 11) is 0. The van der Waals surface area contributed by atoms with Gasteiger partial charge in [-0.1, -0.05) is 0 Å². The van der Waals surface area contributed by atoms with Crippen LogP contribution in [0.1, 0.15) is 6.23 Å². The molecule has 1 aliphatic heterocycles. The average Bonchev–Trinajstić information content (AvgIpc) is 2.94. The lowest BCUT2D eigenvalue weighted by Crippen LogP contribution is -2.30. The standard InChI is InChI=1S/C11H13FN4O3/c12-7-8(18)6(3-17)19-11(7)16-2-1-5-9(13)14-4-15-10(5)16/h1-2,4,6-8,11,17-18H,3H2,(H2,13,14,15)/t6-,7-,8-,11-/m1/s1. The molecule has 4 atom stereocenters. The summed E-state index contributed by atoms with van der Waals surface area (Å²) < 4.78 is 20.8. The largest absolute Gasteiger partial charge is 0.394 e. The van der Waals surface area contributed by atoms with Gasteiger partial charge in [0, 0.05) is 6.20 Å². The molecule has 0 bridgehead atoms. The van der Waals surface area contributed by atoms with Crippen molar-refractivity contribution in [1.82, 2.24) is 14.5 Å². The summed E-state index contributed by atoms with van der Waals surface area (Å²) in [5, 5.41) is 19.2. The van der Waals surface area contributed by atoms with E-state index in [-0.39, 0.29) is 5.82 Å². The molecule has 1 saturated heterocycles. The van der Waals surface area contributed by atoms with Gasteiger partial charge in [0.1, 0.15) is 30.0 Å². The number of anilines is 1. The van der Waals surface area contributed by atoms with E-state index >= 15 is 0 Å². The van der Waals surface area contributed by atoms with E-state index in [0.29, 0.717) is 11.0 Å². The number of nitrogen functional groups attached to an aromatic ring is 1. The molecule has 2 aromatic rings. The van der Waals surface area contributed by atoms with Crippen molar-refractivity contribution < 1.29 is 19.3 Å². The van der Waals surface area contributed by atoms with Crippen molar-refractivity contribution in [2.75, 3.05) is 12.3 Å². The number of hydrogen-bond donors (Lipinski definition) is 3. The molecule has 2 aromatic heterocycles. The number of aliphatic hydroxyl groups excluding tert-OH is 2. The first-order valence-electron chi connectivity index (χ1n) is 5.79. The van der Waals surface area contributed by atoms with Crippen LogP contribution in [0.15, 0.2) is 18.6 Å². The highest BCUT2D eigenvalue weighted by molar-refractivity contribution is 5.86. The van der Waals surface area contributed by atoms with Crippen LogP contribution in [0.25, 0.3) is 11.0 Å². The molecule has 7 nitrogen and oxygen atoms in total. The van der Waals surface area contributed by atoms with Gasteiger partial charge in [-0.2, -0.15) is 0 Å². The van der Waals surface area contributed by atoms with E-state index in [0.717, 1.165) is 0 Å². The number of aromatic nitrogens is 3. The molecule has 1 aliphatic rings. The van der Waals surface area contributed by atoms with Crippen LogP contribution in [0.5, 0.6) is 0 Å². The van der Waals surface area contributed by atoms with Gasteiger partial charge in [0.2, 0.25) is 0 Å². The SMILES string of the molecule is Nc1ncnc2c1ccn2[C@@H]1O[C@H](CO)[C@@H](O)[C@H]1F. The maximum atomic E-state index is 14.0. The second kappa shape index (κ2) is 4.41. The Morgan fingerprint density at radius 2 is 2.26 bits per heavy atom. The minimum absolute atomic E-state index is 0.288. The van der Waals surface area contributed by atoms with Gasteiger partial charge >= 0.3 is 0 Å². The fourth-order valence-electron chi connectivity index (χ4n) is 2.27. The molecule has 0 spiro atoms. The summed E-state index contributed by atoms with van der Waals surface area (Å²) in [6, 6.07) is 1.65. The normalized spacial score (nSPS) is 31.1. The highest BCUT2D eigenvalue weighted by Gasteiger charge is 2.45. The van der Waals surface area contributed by atoms with E-state index in [1.165, 1.54) is 10.9 Å². The fraction of sp³-hybridized carbons (Fsp3) is 0.455. The monoisotopic (exact) mass is 268 g/mol. The summed E-state index contributed by atoms with van der Waals surface area (Å²) in [6.07, 6.45) is -2.17. The minimum Gasteiger partial charge on any atom is -0.394 e. The molecule has 0 unspecified atom stereocenters. The lowest BCUT2D eigenvalue weighted by molar-refractivity contribution is -0.0457. The molecular formula is C11H13FN4O3. The van der Waals surface area contributed by atoms with Crippen molar-refractivity contribution in [3.05, 3.63) is 18.6 Å². The third-order valence-electron chi connectivity index (χ3n) is 3.29. The lowest BCUT2D eigenvalue weighted by Gasteiger charge is -2.15. The van der Waals surface area contributed by atoms with Gasteiger partial charge in [-0.15, -0.1) is 0 Å². The highest BCUT2D eigenvalue weighted by Crippen LogP contribution is 2.34. The molecule has 0 amide bonds. The fourth-order valence-corrected chi connectivity index (χ4v) is 2.27. The summed E-state index contributed by atoms with van der Waals surface area (Å²) in [5.41, 5.74) is 6.12. The van der Waals surface area contributed by atoms with Crippen LogP contribution >= 0.6 is 0 Å². The second-order valence-electron chi connectivity index (χ2n) is 4.40. The van der Waals surface area contributed by atoms with Crippen molar-refractivity contribution in [2.45, 2.75) is 24.6 Å². The van der Waals surface area contributed by atoms with E-state index in [2.05, 4.69) is 9.97 Å². The number of halogens is 1. The molecule has 19 heavy (non-hydrogen) atoms. The molecule has 0 saturated carbocycles. The Hall–Kier alpha value is -1.77. The Balaban J connectivity index is 2.04. The van der Waals surface area contributed by atoms with Crippen molar-refractivity contribution in [3.63, 3.8) is 0 Å². The predicted octanol–water partition coefficient (Wildman–Crippen LogP) is -0.398. The van der Waals surface area contributed by atoms with E-state index in [1.807, 2.05) is 0 Å². The first-order valence-corrected chi connectivity index (χ1v) is 5.79. The maximum absolute atomic E-state index is 14.0. The van der Waals surface area contributed by atoms with Crippen LogP contribution in [0.3, 0.4) is 0 Å². The number of alkyl halides is 1. The third-order valence-corrected chi connectivity index (χ3v) is 3.29. The summed E-state index contributed by atoms with van der Waals surface area (Å²) >= 11 is 0. The van der Waals surface area contributed by atoms with E-state index in [4.69, 9.17) is 15.6 Å². The van der Waals surface area contributed by atoms with Crippen LogP contribution in [-0.2, 0) is 4.74 Å². The van der Waals surface area contributed by atoms with Gasteiger partial charge in [-0.3, -0.25) is 0 Å². The second-order valence-corrected chi connectivity index (χ2v) is 4.40. The minimum atomic E-state index is -1.65. The Morgan fingerprint density at radius 1 is 1.47 bits per heavy atom. The Morgan fingerprint density at radius 3 is 2.95 bits per heavy atom. The molecule has 8 heteroatoms. The molecule has 102 valence electrons. The number of ether oxygens (including phenoxy) is 1. The lowest BCUT2D eigenvalue weighted by atomic mass is 10.1. The van der Waals surface area contributed by atoms with Crippen LogP contribution in [-0.4, -0.2) is 49.7 Å². The van der Waals surface area contributed by atoms with Crippen molar-refractivity contribution in [3.8, 4) is 0 Å². The van der Waals surface area contributed by atoms with Crippen molar-refractivity contribution in [1.29, 1.82) is 0 Å². The van der Waals surface area contributed by atoms with E-state index in [1.54, 1.807) is 12.3 Å². The first-order chi connectivity index (χ1) is 9.13. The Kier molecular flexibility index (Phi) is 2.85. The molecule has 0 aromatic carbocycles. The van der Waals surface area contributed by atoms with Gasteiger partial charge in [-0.05, 0) is 6.07 Å². The van der Waals surface area contributed by atoms with Crippen molar-refractivity contribution >= 4 is 16.9 Å². The van der Waals surface area contributed by atoms with Gasteiger partial charge in [0.25, 0.3) is 0 Å². The van der Waals surface area contributed by atoms with Crippen molar-refractivity contribution in [2.24, 2.45) is 0 Å². The van der Waals surface area contributed by atoms with Crippen LogP contribution < -0.4 is 5.73 Å². The predicted molar refractivity (Wildman–Crippen MR) is 63.8 cm³/mol.